The maximum atomic E-state index is 11.0. The van der Waals surface area contributed by atoms with Gasteiger partial charge in [-0.25, -0.2) is 0 Å². The summed E-state index contributed by atoms with van der Waals surface area (Å²) in [6.45, 7) is 6.48. The molecule has 1 atom stereocenters. The molecule has 0 radical (unpaired) electrons. The average molecular weight is 328 g/mol. The van der Waals surface area contributed by atoms with Crippen molar-refractivity contribution in [1.82, 2.24) is 0 Å². The van der Waals surface area contributed by atoms with Crippen LogP contribution in [0.4, 0.5) is 0 Å². The molecule has 2 aromatic rings. The van der Waals surface area contributed by atoms with Crippen LogP contribution in [0.1, 0.15) is 43.4 Å². The van der Waals surface area contributed by atoms with Gasteiger partial charge in [0.15, 0.2) is 0 Å². The predicted molar refractivity (Wildman–Crippen MR) is 89.4 cm³/mol. The molecule has 5 heteroatoms. The number of phenolic OH excluding ortho intramolecular Hbond substituents is 1. The number of aromatic hydroxyl groups is 1. The van der Waals surface area contributed by atoms with Crippen molar-refractivity contribution in [2.24, 2.45) is 0 Å². The van der Waals surface area contributed by atoms with E-state index in [0.717, 1.165) is 16.7 Å². The Morgan fingerprint density at radius 2 is 1.50 bits per heavy atom. The van der Waals surface area contributed by atoms with Crippen molar-refractivity contribution in [3.05, 3.63) is 53.1 Å². The zero-order chi connectivity index (χ0) is 17.9. The van der Waals surface area contributed by atoms with Crippen LogP contribution in [0.25, 0.3) is 0 Å². The average Bonchev–Trinajstić information content (AvgIpc) is 2.45. The van der Waals surface area contributed by atoms with Gasteiger partial charge in [0.2, 0.25) is 0 Å². The Hall–Kier alpha value is -2.82. The summed E-state index contributed by atoms with van der Waals surface area (Å²) in [4.78, 5) is 22.0. The van der Waals surface area contributed by atoms with Gasteiger partial charge < -0.3 is 14.6 Å². The van der Waals surface area contributed by atoms with Crippen LogP contribution in [0, 0.1) is 6.92 Å². The fraction of sp³-hybridized carbons (Fsp3) is 0.263. The molecule has 2 aromatic carbocycles. The SMILES string of the molecule is CC(=O)Oc1ccc(C(C)c2c(C)cc(OC(C)=O)cc2O)cc1. The van der Waals surface area contributed by atoms with Gasteiger partial charge in [-0.3, -0.25) is 9.59 Å². The smallest absolute Gasteiger partial charge is 0.308 e. The van der Waals surface area contributed by atoms with E-state index in [2.05, 4.69) is 0 Å². The molecule has 1 N–H and O–H groups in total. The maximum Gasteiger partial charge on any atom is 0.308 e. The molecule has 0 aliphatic rings. The van der Waals surface area contributed by atoms with Crippen LogP contribution in [0.15, 0.2) is 36.4 Å². The number of esters is 2. The molecule has 5 nitrogen and oxygen atoms in total. The number of carbonyl (C=O) groups excluding carboxylic acids is 2. The minimum atomic E-state index is -0.435. The van der Waals surface area contributed by atoms with E-state index in [1.54, 1.807) is 18.2 Å². The topological polar surface area (TPSA) is 72.8 Å². The van der Waals surface area contributed by atoms with Gasteiger partial charge in [-0.2, -0.15) is 0 Å². The minimum Gasteiger partial charge on any atom is -0.507 e. The third-order valence-corrected chi connectivity index (χ3v) is 3.67. The number of phenols is 1. The normalized spacial score (nSPS) is 11.7. The summed E-state index contributed by atoms with van der Waals surface area (Å²) in [5, 5.41) is 10.3. The fourth-order valence-electron chi connectivity index (χ4n) is 2.69. The molecule has 126 valence electrons. The molecule has 0 bridgehead atoms. The Morgan fingerprint density at radius 3 is 2.00 bits per heavy atom. The highest BCUT2D eigenvalue weighted by Gasteiger charge is 2.17. The van der Waals surface area contributed by atoms with E-state index in [0.29, 0.717) is 11.5 Å². The molecule has 0 heterocycles. The lowest BCUT2D eigenvalue weighted by atomic mass is 9.89. The van der Waals surface area contributed by atoms with Gasteiger partial charge in [0.1, 0.15) is 17.2 Å². The van der Waals surface area contributed by atoms with Crippen molar-refractivity contribution in [3.8, 4) is 17.2 Å². The van der Waals surface area contributed by atoms with Crippen LogP contribution in [0.5, 0.6) is 17.2 Å². The predicted octanol–water partition coefficient (Wildman–Crippen LogP) is 3.70. The Labute approximate surface area is 140 Å². The lowest BCUT2D eigenvalue weighted by Gasteiger charge is -2.18. The summed E-state index contributed by atoms with van der Waals surface area (Å²) in [5.74, 6) is -0.0187. The Balaban J connectivity index is 2.30. The van der Waals surface area contributed by atoms with Crippen molar-refractivity contribution in [1.29, 1.82) is 0 Å². The van der Waals surface area contributed by atoms with Crippen molar-refractivity contribution in [3.63, 3.8) is 0 Å². The van der Waals surface area contributed by atoms with E-state index >= 15 is 0 Å². The molecule has 0 aliphatic heterocycles. The van der Waals surface area contributed by atoms with E-state index in [-0.39, 0.29) is 17.6 Å². The summed E-state index contributed by atoms with van der Waals surface area (Å²) >= 11 is 0. The van der Waals surface area contributed by atoms with Gasteiger partial charge in [-0.15, -0.1) is 0 Å². The van der Waals surface area contributed by atoms with Gasteiger partial charge in [-0.1, -0.05) is 19.1 Å². The molecule has 2 rings (SSSR count). The highest BCUT2D eigenvalue weighted by atomic mass is 16.5. The van der Waals surface area contributed by atoms with E-state index < -0.39 is 5.97 Å². The molecule has 0 amide bonds. The van der Waals surface area contributed by atoms with Crippen LogP contribution < -0.4 is 9.47 Å². The highest BCUT2D eigenvalue weighted by molar-refractivity contribution is 5.70. The quantitative estimate of drug-likeness (QED) is 0.684. The largest absolute Gasteiger partial charge is 0.507 e. The summed E-state index contributed by atoms with van der Waals surface area (Å²) in [6, 6.07) is 10.3. The molecule has 1 unspecified atom stereocenters. The molecule has 24 heavy (non-hydrogen) atoms. The second-order valence-electron chi connectivity index (χ2n) is 5.65. The van der Waals surface area contributed by atoms with Crippen molar-refractivity contribution < 1.29 is 24.2 Å². The number of carbonyl (C=O) groups is 2. The first kappa shape index (κ1) is 17.5. The number of benzene rings is 2. The van der Waals surface area contributed by atoms with Crippen LogP contribution in [-0.4, -0.2) is 17.0 Å². The Bertz CT molecular complexity index is 739. The Kier molecular flexibility index (Phi) is 5.24. The molecule has 0 aliphatic carbocycles. The first-order valence-corrected chi connectivity index (χ1v) is 7.58. The van der Waals surface area contributed by atoms with Crippen LogP contribution >= 0.6 is 0 Å². The summed E-state index contributed by atoms with van der Waals surface area (Å²) in [7, 11) is 0. The second-order valence-corrected chi connectivity index (χ2v) is 5.65. The van der Waals surface area contributed by atoms with Crippen LogP contribution in [0.3, 0.4) is 0 Å². The number of ether oxygens (including phenoxy) is 2. The molecular weight excluding hydrogens is 308 g/mol. The van der Waals surface area contributed by atoms with Gasteiger partial charge in [-0.05, 0) is 36.2 Å². The highest BCUT2D eigenvalue weighted by Crippen LogP contribution is 2.37. The maximum absolute atomic E-state index is 11.0. The van der Waals surface area contributed by atoms with E-state index in [1.807, 2.05) is 26.0 Å². The number of aryl methyl sites for hydroxylation is 1. The standard InChI is InChI=1S/C19H20O5/c1-11-9-17(24-14(4)21)10-18(22)19(11)12(2)15-5-7-16(8-6-15)23-13(3)20/h5-10,12,22H,1-4H3. The monoisotopic (exact) mass is 328 g/mol. The molecule has 0 saturated heterocycles. The van der Waals surface area contributed by atoms with E-state index in [1.165, 1.54) is 19.9 Å². The molecule has 0 aromatic heterocycles. The molecule has 0 spiro atoms. The van der Waals surface area contributed by atoms with Gasteiger partial charge in [0, 0.05) is 31.4 Å². The van der Waals surface area contributed by atoms with E-state index in [9.17, 15) is 14.7 Å². The van der Waals surface area contributed by atoms with Gasteiger partial charge >= 0.3 is 11.9 Å². The zero-order valence-electron chi connectivity index (χ0n) is 14.1. The number of hydrogen-bond acceptors (Lipinski definition) is 5. The van der Waals surface area contributed by atoms with Gasteiger partial charge in [0.25, 0.3) is 0 Å². The first-order chi connectivity index (χ1) is 11.3. The molecule has 0 saturated carbocycles. The molecular formula is C19H20O5. The summed E-state index contributed by atoms with van der Waals surface area (Å²) in [6.07, 6.45) is 0. The fourth-order valence-corrected chi connectivity index (χ4v) is 2.69. The van der Waals surface area contributed by atoms with Gasteiger partial charge in [0.05, 0.1) is 0 Å². The van der Waals surface area contributed by atoms with Crippen molar-refractivity contribution in [2.75, 3.05) is 0 Å². The van der Waals surface area contributed by atoms with Crippen LogP contribution in [0.2, 0.25) is 0 Å². The molecule has 0 fully saturated rings. The zero-order valence-corrected chi connectivity index (χ0v) is 14.1. The second kappa shape index (κ2) is 7.17. The lowest BCUT2D eigenvalue weighted by Crippen LogP contribution is -2.04. The number of hydrogen-bond donors (Lipinski definition) is 1. The first-order valence-electron chi connectivity index (χ1n) is 7.58. The third-order valence-electron chi connectivity index (χ3n) is 3.67. The minimum absolute atomic E-state index is 0.0720. The van der Waals surface area contributed by atoms with E-state index in [4.69, 9.17) is 9.47 Å². The summed E-state index contributed by atoms with van der Waals surface area (Å²) < 4.78 is 10.0. The number of rotatable bonds is 4. The van der Waals surface area contributed by atoms with Crippen molar-refractivity contribution >= 4 is 11.9 Å². The van der Waals surface area contributed by atoms with Crippen LogP contribution in [-0.2, 0) is 9.59 Å². The third kappa shape index (κ3) is 4.13. The lowest BCUT2D eigenvalue weighted by molar-refractivity contribution is -0.132. The summed E-state index contributed by atoms with van der Waals surface area (Å²) in [5.41, 5.74) is 2.54. The van der Waals surface area contributed by atoms with Crippen molar-refractivity contribution in [2.45, 2.75) is 33.6 Å². The Morgan fingerprint density at radius 1 is 0.958 bits per heavy atom.